The molecule has 1 heterocycles. The molecule has 0 bridgehead atoms. The Kier molecular flexibility index (Phi) is 4.55. The summed E-state index contributed by atoms with van der Waals surface area (Å²) in [6.07, 6.45) is 1.98. The summed E-state index contributed by atoms with van der Waals surface area (Å²) in [5, 5.41) is 11.6. The Morgan fingerprint density at radius 1 is 1.73 bits per heavy atom. The van der Waals surface area contributed by atoms with Crippen LogP contribution in [-0.2, 0) is 14.3 Å². The zero-order chi connectivity index (χ0) is 11.3. The van der Waals surface area contributed by atoms with Crippen molar-refractivity contribution in [1.82, 2.24) is 5.32 Å². The first-order valence-corrected chi connectivity index (χ1v) is 5.22. The lowest BCUT2D eigenvalue weighted by atomic mass is 10.1. The molecule has 5 nitrogen and oxygen atoms in total. The van der Waals surface area contributed by atoms with Gasteiger partial charge in [-0.15, -0.1) is 0 Å². The standard InChI is InChI=1S/C10H17NO4/c1-7(2-4-9(12)13)11-6-8-3-5-10(14)15-8/h7-8,11H,2-6H2,1H3,(H,12,13). The van der Waals surface area contributed by atoms with Crippen molar-refractivity contribution in [3.05, 3.63) is 0 Å². The number of carbonyl (C=O) groups excluding carboxylic acids is 1. The summed E-state index contributed by atoms with van der Waals surface area (Å²) in [7, 11) is 0. The highest BCUT2D eigenvalue weighted by molar-refractivity contribution is 5.71. The Morgan fingerprint density at radius 3 is 3.00 bits per heavy atom. The van der Waals surface area contributed by atoms with Gasteiger partial charge in [-0.05, 0) is 19.8 Å². The van der Waals surface area contributed by atoms with Crippen molar-refractivity contribution in [2.24, 2.45) is 0 Å². The predicted molar refractivity (Wildman–Crippen MR) is 53.4 cm³/mol. The second-order valence-electron chi connectivity index (χ2n) is 3.89. The van der Waals surface area contributed by atoms with Crippen LogP contribution < -0.4 is 5.32 Å². The van der Waals surface area contributed by atoms with Gasteiger partial charge in [0.1, 0.15) is 6.10 Å². The molecule has 0 aromatic carbocycles. The van der Waals surface area contributed by atoms with E-state index >= 15 is 0 Å². The minimum absolute atomic E-state index is 0.0372. The number of hydrogen-bond acceptors (Lipinski definition) is 4. The van der Waals surface area contributed by atoms with Gasteiger partial charge in [0.15, 0.2) is 0 Å². The van der Waals surface area contributed by atoms with Crippen LogP contribution in [0.5, 0.6) is 0 Å². The number of carbonyl (C=O) groups is 2. The van der Waals surface area contributed by atoms with Crippen molar-refractivity contribution in [3.63, 3.8) is 0 Å². The van der Waals surface area contributed by atoms with E-state index in [4.69, 9.17) is 9.84 Å². The molecule has 2 unspecified atom stereocenters. The zero-order valence-corrected chi connectivity index (χ0v) is 8.86. The molecule has 0 aromatic heterocycles. The van der Waals surface area contributed by atoms with Crippen molar-refractivity contribution < 1.29 is 19.4 Å². The molecule has 1 aliphatic rings. The Balaban J connectivity index is 2.08. The largest absolute Gasteiger partial charge is 0.481 e. The van der Waals surface area contributed by atoms with Gasteiger partial charge >= 0.3 is 11.9 Å². The van der Waals surface area contributed by atoms with Crippen LogP contribution in [-0.4, -0.2) is 35.7 Å². The number of nitrogens with one attached hydrogen (secondary N) is 1. The molecule has 1 saturated heterocycles. The normalized spacial score (nSPS) is 22.5. The van der Waals surface area contributed by atoms with E-state index in [9.17, 15) is 9.59 Å². The fourth-order valence-electron chi connectivity index (χ4n) is 1.50. The molecule has 2 N–H and O–H groups in total. The molecule has 0 saturated carbocycles. The average molecular weight is 215 g/mol. The number of cyclic esters (lactones) is 1. The summed E-state index contributed by atoms with van der Waals surface area (Å²) in [5.74, 6) is -0.920. The third kappa shape index (κ3) is 4.78. The highest BCUT2D eigenvalue weighted by Crippen LogP contribution is 2.12. The van der Waals surface area contributed by atoms with Crippen LogP contribution in [0.25, 0.3) is 0 Å². The molecule has 86 valence electrons. The number of carboxylic acids is 1. The monoisotopic (exact) mass is 215 g/mol. The fraction of sp³-hybridized carbons (Fsp3) is 0.800. The number of ether oxygens (including phenoxy) is 1. The van der Waals surface area contributed by atoms with Gasteiger partial charge in [0.25, 0.3) is 0 Å². The van der Waals surface area contributed by atoms with E-state index in [2.05, 4.69) is 5.32 Å². The predicted octanol–water partition coefficient (Wildman–Crippen LogP) is 0.535. The molecule has 2 atom stereocenters. The maximum Gasteiger partial charge on any atom is 0.306 e. The third-order valence-corrected chi connectivity index (χ3v) is 2.45. The van der Waals surface area contributed by atoms with Crippen LogP contribution in [0.2, 0.25) is 0 Å². The second-order valence-corrected chi connectivity index (χ2v) is 3.89. The smallest absolute Gasteiger partial charge is 0.306 e. The van der Waals surface area contributed by atoms with Gasteiger partial charge in [-0.3, -0.25) is 9.59 Å². The topological polar surface area (TPSA) is 75.6 Å². The molecule has 0 radical (unpaired) electrons. The minimum Gasteiger partial charge on any atom is -0.481 e. The summed E-state index contributed by atoms with van der Waals surface area (Å²) in [4.78, 5) is 21.1. The fourth-order valence-corrected chi connectivity index (χ4v) is 1.50. The maximum absolute atomic E-state index is 10.8. The van der Waals surface area contributed by atoms with Crippen molar-refractivity contribution in [1.29, 1.82) is 0 Å². The molecule has 1 rings (SSSR count). The number of hydrogen-bond donors (Lipinski definition) is 2. The quantitative estimate of drug-likeness (QED) is 0.632. The van der Waals surface area contributed by atoms with Gasteiger partial charge in [0.2, 0.25) is 0 Å². The Bertz CT molecular complexity index is 242. The highest BCUT2D eigenvalue weighted by Gasteiger charge is 2.23. The van der Waals surface area contributed by atoms with Gasteiger partial charge in [-0.1, -0.05) is 0 Å². The van der Waals surface area contributed by atoms with E-state index in [0.717, 1.165) is 6.42 Å². The maximum atomic E-state index is 10.8. The summed E-state index contributed by atoms with van der Waals surface area (Å²) in [6.45, 7) is 2.55. The van der Waals surface area contributed by atoms with Crippen LogP contribution in [0.15, 0.2) is 0 Å². The van der Waals surface area contributed by atoms with E-state index < -0.39 is 5.97 Å². The van der Waals surface area contributed by atoms with Crippen molar-refractivity contribution in [3.8, 4) is 0 Å². The van der Waals surface area contributed by atoms with Gasteiger partial charge in [0.05, 0.1) is 0 Å². The van der Waals surface area contributed by atoms with Crippen LogP contribution in [0, 0.1) is 0 Å². The first kappa shape index (κ1) is 12.0. The van der Waals surface area contributed by atoms with E-state index in [0.29, 0.717) is 19.4 Å². The van der Waals surface area contributed by atoms with Crippen LogP contribution in [0.1, 0.15) is 32.6 Å². The molecule has 1 fully saturated rings. The summed E-state index contributed by atoms with van der Waals surface area (Å²) in [5.41, 5.74) is 0. The van der Waals surface area contributed by atoms with Gasteiger partial charge in [0, 0.05) is 25.4 Å². The van der Waals surface area contributed by atoms with Crippen molar-refractivity contribution in [2.45, 2.75) is 44.8 Å². The molecule has 0 aromatic rings. The first-order valence-electron chi connectivity index (χ1n) is 5.22. The van der Waals surface area contributed by atoms with Crippen molar-refractivity contribution in [2.75, 3.05) is 6.54 Å². The van der Waals surface area contributed by atoms with Crippen molar-refractivity contribution >= 4 is 11.9 Å². The Labute approximate surface area is 88.8 Å². The summed E-state index contributed by atoms with van der Waals surface area (Å²) < 4.78 is 5.02. The number of carboxylic acid groups (broad SMARTS) is 1. The second kappa shape index (κ2) is 5.70. The number of aliphatic carboxylic acids is 1. The molecular formula is C10H17NO4. The van der Waals surface area contributed by atoms with Crippen LogP contribution in [0.4, 0.5) is 0 Å². The Morgan fingerprint density at radius 2 is 2.47 bits per heavy atom. The molecule has 0 spiro atoms. The molecular weight excluding hydrogens is 198 g/mol. The van der Waals surface area contributed by atoms with E-state index in [1.807, 2.05) is 6.92 Å². The molecule has 15 heavy (non-hydrogen) atoms. The SMILES string of the molecule is CC(CCC(=O)O)NCC1CCC(=O)O1. The minimum atomic E-state index is -0.782. The van der Waals surface area contributed by atoms with Gasteiger partial charge in [-0.25, -0.2) is 0 Å². The van der Waals surface area contributed by atoms with Crippen LogP contribution in [0.3, 0.4) is 0 Å². The average Bonchev–Trinajstić information content (AvgIpc) is 2.58. The Hall–Kier alpha value is -1.10. The molecule has 0 amide bonds. The van der Waals surface area contributed by atoms with Gasteiger partial charge < -0.3 is 15.2 Å². The van der Waals surface area contributed by atoms with E-state index in [-0.39, 0.29) is 24.5 Å². The molecule has 0 aliphatic carbocycles. The lowest BCUT2D eigenvalue weighted by Gasteiger charge is -2.15. The van der Waals surface area contributed by atoms with E-state index in [1.165, 1.54) is 0 Å². The molecule has 5 heteroatoms. The highest BCUT2D eigenvalue weighted by atomic mass is 16.5. The van der Waals surface area contributed by atoms with E-state index in [1.54, 1.807) is 0 Å². The summed E-state index contributed by atoms with van der Waals surface area (Å²) in [6, 6.07) is 0.139. The number of esters is 1. The van der Waals surface area contributed by atoms with Gasteiger partial charge in [-0.2, -0.15) is 0 Å². The zero-order valence-electron chi connectivity index (χ0n) is 8.86. The summed E-state index contributed by atoms with van der Waals surface area (Å²) >= 11 is 0. The third-order valence-electron chi connectivity index (χ3n) is 2.45. The first-order chi connectivity index (χ1) is 7.08. The lowest BCUT2D eigenvalue weighted by molar-refractivity contribution is -0.141. The molecule has 1 aliphatic heterocycles. The van der Waals surface area contributed by atoms with Crippen LogP contribution >= 0.6 is 0 Å². The lowest BCUT2D eigenvalue weighted by Crippen LogP contribution is -2.34. The number of rotatable bonds is 6.